The number of benzene rings is 1. The highest BCUT2D eigenvalue weighted by Gasteiger charge is 2.18. The van der Waals surface area contributed by atoms with Crippen molar-refractivity contribution in [3.8, 4) is 0 Å². The van der Waals surface area contributed by atoms with Gasteiger partial charge in [-0.05, 0) is 37.1 Å². The molecule has 4 rings (SSSR count). The van der Waals surface area contributed by atoms with E-state index in [1.165, 1.54) is 16.8 Å². The van der Waals surface area contributed by atoms with Crippen LogP contribution in [0.1, 0.15) is 16.8 Å². The highest BCUT2D eigenvalue weighted by Crippen LogP contribution is 2.32. The first-order valence-electron chi connectivity index (χ1n) is 8.78. The fraction of sp³-hybridized carbons (Fsp3) is 0.368. The Kier molecular flexibility index (Phi) is 5.50. The lowest BCUT2D eigenvalue weighted by molar-refractivity contribution is 0.122. The van der Waals surface area contributed by atoms with Crippen LogP contribution in [0.5, 0.6) is 0 Å². The van der Waals surface area contributed by atoms with Crippen molar-refractivity contribution >= 4 is 51.7 Å². The van der Waals surface area contributed by atoms with E-state index >= 15 is 0 Å². The maximum atomic E-state index is 6.09. The van der Waals surface area contributed by atoms with Crippen LogP contribution in [0.4, 0.5) is 5.69 Å². The molecule has 1 saturated heterocycles. The molecule has 5 nitrogen and oxygen atoms in total. The molecule has 0 spiro atoms. The number of rotatable bonds is 4. The Labute approximate surface area is 172 Å². The van der Waals surface area contributed by atoms with Gasteiger partial charge in [0.15, 0.2) is 5.16 Å². The van der Waals surface area contributed by atoms with Crippen LogP contribution in [0.3, 0.4) is 0 Å². The molecule has 1 fully saturated rings. The van der Waals surface area contributed by atoms with Crippen molar-refractivity contribution in [2.75, 3.05) is 31.2 Å². The van der Waals surface area contributed by atoms with Gasteiger partial charge in [-0.15, -0.1) is 0 Å². The molecule has 1 aliphatic rings. The molecule has 1 aliphatic heterocycles. The Bertz CT molecular complexity index is 946. The second-order valence-electron chi connectivity index (χ2n) is 6.58. The van der Waals surface area contributed by atoms with Crippen LogP contribution < -0.4 is 4.90 Å². The number of hydrogen-bond acceptors (Lipinski definition) is 5. The topological polar surface area (TPSA) is 54.0 Å². The number of thioether (sulfide) groups is 1. The summed E-state index contributed by atoms with van der Waals surface area (Å²) < 4.78 is 5.49. The number of nitrogens with one attached hydrogen (secondary N) is 1. The van der Waals surface area contributed by atoms with Crippen molar-refractivity contribution < 1.29 is 4.74 Å². The number of morpholine rings is 1. The SMILES string of the molecule is Cc1cnc(CSc2nc3cc(Cl)c(Cl)cc3[nH]2)c(C)c1N1CCOCC1. The standard InChI is InChI=1S/C19H20Cl2N4OS/c1-11-9-22-17(12(2)18(11)25-3-5-26-6-4-25)10-27-19-23-15-7-13(20)14(21)8-16(15)24-19/h7-9H,3-6,10H2,1-2H3,(H,23,24). The van der Waals surface area contributed by atoms with Gasteiger partial charge in [-0.25, -0.2) is 4.98 Å². The monoisotopic (exact) mass is 422 g/mol. The number of aromatic amines is 1. The van der Waals surface area contributed by atoms with Gasteiger partial charge >= 0.3 is 0 Å². The zero-order valence-corrected chi connectivity index (χ0v) is 17.5. The van der Waals surface area contributed by atoms with Gasteiger partial charge in [0.05, 0.1) is 40.0 Å². The summed E-state index contributed by atoms with van der Waals surface area (Å²) in [5, 5.41) is 1.87. The van der Waals surface area contributed by atoms with Gasteiger partial charge in [-0.1, -0.05) is 35.0 Å². The van der Waals surface area contributed by atoms with E-state index in [0.717, 1.165) is 53.9 Å². The maximum absolute atomic E-state index is 6.09. The molecule has 3 aromatic rings. The number of aryl methyl sites for hydroxylation is 1. The van der Waals surface area contributed by atoms with Gasteiger partial charge in [-0.2, -0.15) is 0 Å². The third kappa shape index (κ3) is 3.90. The number of imidazole rings is 1. The molecular weight excluding hydrogens is 403 g/mol. The second kappa shape index (κ2) is 7.87. The average Bonchev–Trinajstić information content (AvgIpc) is 3.04. The van der Waals surface area contributed by atoms with Gasteiger partial charge in [0.2, 0.25) is 0 Å². The normalized spacial score (nSPS) is 14.9. The molecule has 1 aromatic carbocycles. The average molecular weight is 423 g/mol. The number of hydrogen-bond donors (Lipinski definition) is 1. The molecule has 0 unspecified atom stereocenters. The summed E-state index contributed by atoms with van der Waals surface area (Å²) in [7, 11) is 0. The van der Waals surface area contributed by atoms with E-state index in [1.54, 1.807) is 17.8 Å². The van der Waals surface area contributed by atoms with Crippen molar-refractivity contribution in [2.24, 2.45) is 0 Å². The Morgan fingerprint density at radius 2 is 1.93 bits per heavy atom. The molecule has 0 aliphatic carbocycles. The maximum Gasteiger partial charge on any atom is 0.166 e. The molecule has 1 N–H and O–H groups in total. The predicted octanol–water partition coefficient (Wildman–Crippen LogP) is 5.01. The molecule has 0 amide bonds. The molecule has 8 heteroatoms. The van der Waals surface area contributed by atoms with Crippen LogP contribution in [-0.4, -0.2) is 41.3 Å². The minimum atomic E-state index is 0.512. The van der Waals surface area contributed by atoms with Crippen molar-refractivity contribution in [1.82, 2.24) is 15.0 Å². The van der Waals surface area contributed by atoms with E-state index in [-0.39, 0.29) is 0 Å². The first-order chi connectivity index (χ1) is 13.0. The van der Waals surface area contributed by atoms with Crippen LogP contribution in [0.25, 0.3) is 11.0 Å². The van der Waals surface area contributed by atoms with Crippen LogP contribution in [-0.2, 0) is 10.5 Å². The number of pyridine rings is 1. The number of ether oxygens (including phenoxy) is 1. The van der Waals surface area contributed by atoms with E-state index < -0.39 is 0 Å². The number of anilines is 1. The fourth-order valence-corrected chi connectivity index (χ4v) is 4.60. The summed E-state index contributed by atoms with van der Waals surface area (Å²) in [6, 6.07) is 3.59. The molecule has 3 heterocycles. The Morgan fingerprint density at radius 1 is 1.19 bits per heavy atom. The number of H-pyrrole nitrogens is 1. The lowest BCUT2D eigenvalue weighted by Crippen LogP contribution is -2.37. The molecule has 0 bridgehead atoms. The Hall–Kier alpha value is -1.47. The Morgan fingerprint density at radius 3 is 2.70 bits per heavy atom. The van der Waals surface area contributed by atoms with E-state index in [0.29, 0.717) is 10.0 Å². The van der Waals surface area contributed by atoms with Crippen molar-refractivity contribution in [3.63, 3.8) is 0 Å². The summed E-state index contributed by atoms with van der Waals surface area (Å²) in [5.41, 5.74) is 6.49. The van der Waals surface area contributed by atoms with Gasteiger partial charge in [-0.3, -0.25) is 4.98 Å². The molecule has 0 radical (unpaired) electrons. The predicted molar refractivity (Wildman–Crippen MR) is 112 cm³/mol. The highest BCUT2D eigenvalue weighted by atomic mass is 35.5. The van der Waals surface area contributed by atoms with Crippen LogP contribution in [0, 0.1) is 13.8 Å². The summed E-state index contributed by atoms with van der Waals surface area (Å²) >= 11 is 13.8. The minimum Gasteiger partial charge on any atom is -0.378 e. The lowest BCUT2D eigenvalue weighted by Gasteiger charge is -2.32. The van der Waals surface area contributed by atoms with Crippen LogP contribution in [0.15, 0.2) is 23.5 Å². The third-order valence-electron chi connectivity index (χ3n) is 4.75. The zero-order chi connectivity index (χ0) is 19.0. The van der Waals surface area contributed by atoms with E-state index in [9.17, 15) is 0 Å². The van der Waals surface area contributed by atoms with Crippen molar-refractivity contribution in [3.05, 3.63) is 45.2 Å². The molecule has 0 saturated carbocycles. The lowest BCUT2D eigenvalue weighted by atomic mass is 10.1. The Balaban J connectivity index is 1.56. The zero-order valence-electron chi connectivity index (χ0n) is 15.2. The molecule has 0 atom stereocenters. The number of fused-ring (bicyclic) bond motifs is 1. The summed E-state index contributed by atoms with van der Waals surface area (Å²) in [4.78, 5) is 15.0. The van der Waals surface area contributed by atoms with Crippen LogP contribution >= 0.6 is 35.0 Å². The van der Waals surface area contributed by atoms with Crippen molar-refractivity contribution in [2.45, 2.75) is 24.8 Å². The fourth-order valence-electron chi connectivity index (χ4n) is 3.37. The highest BCUT2D eigenvalue weighted by molar-refractivity contribution is 7.98. The van der Waals surface area contributed by atoms with E-state index in [4.69, 9.17) is 27.9 Å². The number of aromatic nitrogens is 3. The van der Waals surface area contributed by atoms with Gasteiger partial charge in [0.1, 0.15) is 0 Å². The summed E-state index contributed by atoms with van der Waals surface area (Å²) in [5.74, 6) is 0.741. The summed E-state index contributed by atoms with van der Waals surface area (Å²) in [6.07, 6.45) is 1.96. The number of nitrogens with zero attached hydrogens (tertiary/aromatic N) is 3. The molecule has 2 aromatic heterocycles. The van der Waals surface area contributed by atoms with E-state index in [1.807, 2.05) is 12.3 Å². The minimum absolute atomic E-state index is 0.512. The first kappa shape index (κ1) is 18.9. The number of halogens is 2. The van der Waals surface area contributed by atoms with Crippen LogP contribution in [0.2, 0.25) is 10.0 Å². The first-order valence-corrected chi connectivity index (χ1v) is 10.5. The summed E-state index contributed by atoms with van der Waals surface area (Å²) in [6.45, 7) is 7.66. The van der Waals surface area contributed by atoms with Gasteiger partial charge in [0.25, 0.3) is 0 Å². The van der Waals surface area contributed by atoms with Gasteiger partial charge < -0.3 is 14.6 Å². The van der Waals surface area contributed by atoms with Gasteiger partial charge in [0, 0.05) is 30.7 Å². The largest absolute Gasteiger partial charge is 0.378 e. The van der Waals surface area contributed by atoms with Crippen molar-refractivity contribution in [1.29, 1.82) is 0 Å². The molecule has 27 heavy (non-hydrogen) atoms. The third-order valence-corrected chi connectivity index (χ3v) is 6.36. The quantitative estimate of drug-likeness (QED) is 0.598. The molecular formula is C19H20Cl2N4OS. The second-order valence-corrected chi connectivity index (χ2v) is 8.35. The van der Waals surface area contributed by atoms with E-state index in [2.05, 4.69) is 33.7 Å². The smallest absolute Gasteiger partial charge is 0.166 e. The molecule has 142 valence electrons.